The van der Waals surface area contributed by atoms with E-state index in [9.17, 15) is 4.79 Å². The van der Waals surface area contributed by atoms with Gasteiger partial charge in [-0.05, 0) is 36.1 Å². The lowest BCUT2D eigenvalue weighted by Gasteiger charge is -2.27. The van der Waals surface area contributed by atoms with Crippen LogP contribution in [0.3, 0.4) is 0 Å². The molecular formula is C19H23N3O. The van der Waals surface area contributed by atoms with Gasteiger partial charge in [0.05, 0.1) is 0 Å². The van der Waals surface area contributed by atoms with Gasteiger partial charge in [0, 0.05) is 50.5 Å². The van der Waals surface area contributed by atoms with E-state index in [1.807, 2.05) is 26.2 Å². The van der Waals surface area contributed by atoms with Gasteiger partial charge in [-0.3, -0.25) is 9.69 Å². The topological polar surface area (TPSA) is 37.3 Å². The second-order valence-electron chi connectivity index (χ2n) is 6.95. The SMILES string of the molecule is Cc1cc(-c2ccc(CN3CC4C[C@H]3CN4)cc2)cn(C)c1=O. The lowest BCUT2D eigenvalue weighted by Crippen LogP contribution is -2.42. The molecule has 0 saturated carbocycles. The Balaban J connectivity index is 1.53. The Morgan fingerprint density at radius 2 is 2.00 bits per heavy atom. The van der Waals surface area contributed by atoms with Gasteiger partial charge in [-0.1, -0.05) is 24.3 Å². The van der Waals surface area contributed by atoms with Crippen LogP contribution in [-0.4, -0.2) is 34.6 Å². The van der Waals surface area contributed by atoms with E-state index in [1.54, 1.807) is 4.57 Å². The van der Waals surface area contributed by atoms with Gasteiger partial charge in [-0.2, -0.15) is 0 Å². The third-order valence-corrected chi connectivity index (χ3v) is 5.21. The fourth-order valence-corrected chi connectivity index (χ4v) is 3.91. The zero-order valence-corrected chi connectivity index (χ0v) is 13.7. The summed E-state index contributed by atoms with van der Waals surface area (Å²) in [6.45, 7) is 5.22. The minimum atomic E-state index is 0.0723. The van der Waals surface area contributed by atoms with Crippen LogP contribution < -0.4 is 10.9 Å². The van der Waals surface area contributed by atoms with Gasteiger partial charge in [-0.15, -0.1) is 0 Å². The molecule has 4 nitrogen and oxygen atoms in total. The minimum Gasteiger partial charge on any atom is -0.318 e. The number of pyridine rings is 1. The molecule has 120 valence electrons. The van der Waals surface area contributed by atoms with E-state index in [4.69, 9.17) is 0 Å². The van der Waals surface area contributed by atoms with E-state index < -0.39 is 0 Å². The zero-order chi connectivity index (χ0) is 16.0. The number of likely N-dealkylation sites (tertiary alicyclic amines) is 1. The summed E-state index contributed by atoms with van der Waals surface area (Å²) in [5, 5.41) is 3.55. The van der Waals surface area contributed by atoms with Gasteiger partial charge in [0.2, 0.25) is 0 Å². The molecule has 0 radical (unpaired) electrons. The normalized spacial score (nSPS) is 23.6. The highest BCUT2D eigenvalue weighted by atomic mass is 16.1. The van der Waals surface area contributed by atoms with Crippen LogP contribution in [-0.2, 0) is 13.6 Å². The maximum atomic E-state index is 11.8. The molecule has 1 aromatic carbocycles. The first-order valence-corrected chi connectivity index (χ1v) is 8.34. The van der Waals surface area contributed by atoms with Crippen LogP contribution in [0.25, 0.3) is 11.1 Å². The van der Waals surface area contributed by atoms with Crippen molar-refractivity contribution in [3.05, 3.63) is 58.0 Å². The van der Waals surface area contributed by atoms with E-state index in [-0.39, 0.29) is 5.56 Å². The summed E-state index contributed by atoms with van der Waals surface area (Å²) in [6, 6.07) is 12.2. The Labute approximate surface area is 136 Å². The first kappa shape index (κ1) is 14.7. The molecule has 23 heavy (non-hydrogen) atoms. The van der Waals surface area contributed by atoms with Gasteiger partial charge >= 0.3 is 0 Å². The molecule has 2 aromatic rings. The Hall–Kier alpha value is -1.91. The first-order chi connectivity index (χ1) is 11.1. The van der Waals surface area contributed by atoms with E-state index in [0.29, 0.717) is 12.1 Å². The van der Waals surface area contributed by atoms with Crippen molar-refractivity contribution in [1.82, 2.24) is 14.8 Å². The Kier molecular flexibility index (Phi) is 3.58. The standard InChI is InChI=1S/C19H23N3O/c1-13-7-16(11-21(2)19(13)23)15-5-3-14(4-6-15)10-22-12-17-8-18(22)9-20-17/h3-7,11,17-18,20H,8-10,12H2,1-2H3/t17?,18-/m0/s1. The second kappa shape index (κ2) is 5.62. The fraction of sp³-hybridized carbons (Fsp3) is 0.421. The molecule has 1 N–H and O–H groups in total. The van der Waals surface area contributed by atoms with Crippen molar-refractivity contribution in [2.75, 3.05) is 13.1 Å². The highest BCUT2D eigenvalue weighted by Crippen LogP contribution is 2.26. The van der Waals surface area contributed by atoms with Crippen LogP contribution in [0.1, 0.15) is 17.5 Å². The molecule has 2 bridgehead atoms. The first-order valence-electron chi connectivity index (χ1n) is 8.34. The predicted octanol–water partition coefficient (Wildman–Crippen LogP) is 1.91. The number of nitrogens with one attached hydrogen (secondary N) is 1. The molecule has 2 aliphatic rings. The van der Waals surface area contributed by atoms with Crippen molar-refractivity contribution in [3.8, 4) is 11.1 Å². The lowest BCUT2D eigenvalue weighted by molar-refractivity contribution is 0.218. The number of piperazine rings is 1. The molecule has 4 rings (SSSR count). The average molecular weight is 309 g/mol. The number of fused-ring (bicyclic) bond motifs is 2. The number of nitrogens with zero attached hydrogens (tertiary/aromatic N) is 2. The lowest BCUT2D eigenvalue weighted by atomic mass is 10.0. The van der Waals surface area contributed by atoms with E-state index >= 15 is 0 Å². The summed E-state index contributed by atoms with van der Waals surface area (Å²) in [6.07, 6.45) is 3.21. The minimum absolute atomic E-state index is 0.0723. The quantitative estimate of drug-likeness (QED) is 0.941. The number of benzene rings is 1. The third-order valence-electron chi connectivity index (χ3n) is 5.21. The highest BCUT2D eigenvalue weighted by Gasteiger charge is 2.37. The monoisotopic (exact) mass is 309 g/mol. The van der Waals surface area contributed by atoms with Gasteiger partial charge in [0.15, 0.2) is 0 Å². The number of hydrogen-bond acceptors (Lipinski definition) is 3. The molecule has 4 heteroatoms. The predicted molar refractivity (Wildman–Crippen MR) is 92.5 cm³/mol. The van der Waals surface area contributed by atoms with Crippen molar-refractivity contribution in [2.24, 2.45) is 7.05 Å². The van der Waals surface area contributed by atoms with Gasteiger partial charge in [-0.25, -0.2) is 0 Å². The van der Waals surface area contributed by atoms with Crippen LogP contribution >= 0.6 is 0 Å². The Morgan fingerprint density at radius 3 is 2.61 bits per heavy atom. The van der Waals surface area contributed by atoms with Crippen molar-refractivity contribution >= 4 is 0 Å². The average Bonchev–Trinajstić information content (AvgIpc) is 3.15. The van der Waals surface area contributed by atoms with Gasteiger partial charge in [0.1, 0.15) is 0 Å². The molecule has 3 heterocycles. The summed E-state index contributed by atoms with van der Waals surface area (Å²) < 4.78 is 1.66. The van der Waals surface area contributed by atoms with Crippen LogP contribution in [0.15, 0.2) is 41.3 Å². The number of aromatic nitrogens is 1. The smallest absolute Gasteiger partial charge is 0.253 e. The summed E-state index contributed by atoms with van der Waals surface area (Å²) in [4.78, 5) is 14.4. The van der Waals surface area contributed by atoms with Crippen LogP contribution in [0, 0.1) is 6.92 Å². The Bertz CT molecular complexity index is 752. The third kappa shape index (κ3) is 2.73. The molecule has 1 aromatic heterocycles. The molecule has 2 aliphatic heterocycles. The summed E-state index contributed by atoms with van der Waals surface area (Å²) in [7, 11) is 1.81. The van der Waals surface area contributed by atoms with E-state index in [2.05, 4.69) is 34.5 Å². The molecule has 0 aliphatic carbocycles. The maximum Gasteiger partial charge on any atom is 0.253 e. The van der Waals surface area contributed by atoms with Crippen molar-refractivity contribution in [2.45, 2.75) is 32.0 Å². The largest absolute Gasteiger partial charge is 0.318 e. The van der Waals surface area contributed by atoms with Gasteiger partial charge < -0.3 is 9.88 Å². The number of aryl methyl sites for hydroxylation is 2. The molecular weight excluding hydrogens is 286 g/mol. The molecule has 2 atom stereocenters. The van der Waals surface area contributed by atoms with Crippen LogP contribution in [0.2, 0.25) is 0 Å². The van der Waals surface area contributed by atoms with Crippen LogP contribution in [0.4, 0.5) is 0 Å². The number of hydrogen-bond donors (Lipinski definition) is 1. The fourth-order valence-electron chi connectivity index (χ4n) is 3.91. The number of rotatable bonds is 3. The van der Waals surface area contributed by atoms with E-state index in [0.717, 1.165) is 29.8 Å². The summed E-state index contributed by atoms with van der Waals surface area (Å²) >= 11 is 0. The van der Waals surface area contributed by atoms with Crippen molar-refractivity contribution in [1.29, 1.82) is 0 Å². The summed E-state index contributed by atoms with van der Waals surface area (Å²) in [5.74, 6) is 0. The molecule has 1 unspecified atom stereocenters. The maximum absolute atomic E-state index is 11.8. The van der Waals surface area contributed by atoms with Crippen molar-refractivity contribution < 1.29 is 0 Å². The van der Waals surface area contributed by atoms with Gasteiger partial charge in [0.25, 0.3) is 5.56 Å². The molecule has 2 fully saturated rings. The zero-order valence-electron chi connectivity index (χ0n) is 13.7. The summed E-state index contributed by atoms with van der Waals surface area (Å²) in [5.41, 5.74) is 4.48. The molecule has 0 amide bonds. The van der Waals surface area contributed by atoms with E-state index in [1.165, 1.54) is 18.5 Å². The Morgan fingerprint density at radius 1 is 1.22 bits per heavy atom. The second-order valence-corrected chi connectivity index (χ2v) is 6.95. The van der Waals surface area contributed by atoms with Crippen molar-refractivity contribution in [3.63, 3.8) is 0 Å². The van der Waals surface area contributed by atoms with Crippen LogP contribution in [0.5, 0.6) is 0 Å². The molecule has 2 saturated heterocycles. The molecule has 0 spiro atoms. The highest BCUT2D eigenvalue weighted by molar-refractivity contribution is 5.63.